The standard InChI is InChI=1S/C18H19N3/c1-2-6-18-14(5-1)11-16(20-18)12-15-13-17(7-8-19-15)21-9-3-4-10-21/h1-2,5-8,11,13,20H,3-4,9-10,12H2. The number of aromatic amines is 1. The summed E-state index contributed by atoms with van der Waals surface area (Å²) in [4.78, 5) is 10.5. The lowest BCUT2D eigenvalue weighted by atomic mass is 10.2. The van der Waals surface area contributed by atoms with Gasteiger partial charge in [-0.05, 0) is 42.5 Å². The average molecular weight is 277 g/mol. The Hall–Kier alpha value is -2.29. The molecule has 1 fully saturated rings. The maximum atomic E-state index is 4.53. The zero-order valence-electron chi connectivity index (χ0n) is 12.0. The number of nitrogens with one attached hydrogen (secondary N) is 1. The van der Waals surface area contributed by atoms with E-state index in [4.69, 9.17) is 0 Å². The normalized spacial score (nSPS) is 15.0. The fourth-order valence-corrected chi connectivity index (χ4v) is 3.16. The van der Waals surface area contributed by atoms with Crippen LogP contribution in [0.1, 0.15) is 24.2 Å². The molecule has 0 saturated carbocycles. The van der Waals surface area contributed by atoms with Gasteiger partial charge in [0.25, 0.3) is 0 Å². The molecule has 0 unspecified atom stereocenters. The summed E-state index contributed by atoms with van der Waals surface area (Å²) in [6.45, 7) is 2.35. The number of hydrogen-bond acceptors (Lipinski definition) is 2. The smallest absolute Gasteiger partial charge is 0.0482 e. The highest BCUT2D eigenvalue weighted by atomic mass is 15.1. The molecule has 3 heteroatoms. The van der Waals surface area contributed by atoms with Crippen LogP contribution in [0, 0.1) is 0 Å². The Bertz CT molecular complexity index is 721. The van der Waals surface area contributed by atoms with Crippen molar-refractivity contribution >= 4 is 16.6 Å². The third-order valence-electron chi connectivity index (χ3n) is 4.23. The number of para-hydroxylation sites is 1. The van der Waals surface area contributed by atoms with Crippen molar-refractivity contribution in [1.82, 2.24) is 9.97 Å². The van der Waals surface area contributed by atoms with Crippen LogP contribution in [-0.2, 0) is 6.42 Å². The molecular weight excluding hydrogens is 258 g/mol. The van der Waals surface area contributed by atoms with E-state index in [0.29, 0.717) is 0 Å². The zero-order chi connectivity index (χ0) is 14.1. The molecule has 0 amide bonds. The molecule has 0 spiro atoms. The zero-order valence-corrected chi connectivity index (χ0v) is 12.0. The fourth-order valence-electron chi connectivity index (χ4n) is 3.16. The molecule has 3 heterocycles. The molecule has 0 bridgehead atoms. The van der Waals surface area contributed by atoms with Crippen molar-refractivity contribution in [3.05, 3.63) is 60.0 Å². The van der Waals surface area contributed by atoms with E-state index in [-0.39, 0.29) is 0 Å². The van der Waals surface area contributed by atoms with E-state index in [2.05, 4.69) is 57.3 Å². The second-order valence-electron chi connectivity index (χ2n) is 5.76. The summed E-state index contributed by atoms with van der Waals surface area (Å²) >= 11 is 0. The predicted octanol–water partition coefficient (Wildman–Crippen LogP) is 3.75. The average Bonchev–Trinajstić information content (AvgIpc) is 3.16. The molecule has 1 saturated heterocycles. The minimum absolute atomic E-state index is 0.857. The molecular formula is C18H19N3. The number of anilines is 1. The highest BCUT2D eigenvalue weighted by Gasteiger charge is 2.13. The second-order valence-corrected chi connectivity index (χ2v) is 5.76. The van der Waals surface area contributed by atoms with Gasteiger partial charge in [-0.25, -0.2) is 0 Å². The van der Waals surface area contributed by atoms with Crippen molar-refractivity contribution in [1.29, 1.82) is 0 Å². The van der Waals surface area contributed by atoms with Crippen molar-refractivity contribution in [2.45, 2.75) is 19.3 Å². The number of nitrogens with zero attached hydrogens (tertiary/aromatic N) is 2. The number of rotatable bonds is 3. The van der Waals surface area contributed by atoms with E-state index in [9.17, 15) is 0 Å². The molecule has 4 rings (SSSR count). The maximum absolute atomic E-state index is 4.53. The number of benzene rings is 1. The van der Waals surface area contributed by atoms with Crippen LogP contribution in [0.25, 0.3) is 10.9 Å². The number of aromatic nitrogens is 2. The minimum Gasteiger partial charge on any atom is -0.371 e. The van der Waals surface area contributed by atoms with Crippen molar-refractivity contribution in [3.63, 3.8) is 0 Å². The van der Waals surface area contributed by atoms with Crippen LogP contribution in [0.3, 0.4) is 0 Å². The van der Waals surface area contributed by atoms with Crippen LogP contribution in [0.4, 0.5) is 5.69 Å². The molecule has 3 nitrogen and oxygen atoms in total. The van der Waals surface area contributed by atoms with Gasteiger partial charge in [0.2, 0.25) is 0 Å². The van der Waals surface area contributed by atoms with Crippen molar-refractivity contribution in [2.24, 2.45) is 0 Å². The van der Waals surface area contributed by atoms with Gasteiger partial charge in [-0.15, -0.1) is 0 Å². The maximum Gasteiger partial charge on any atom is 0.0482 e. The van der Waals surface area contributed by atoms with E-state index in [1.54, 1.807) is 0 Å². The molecule has 1 N–H and O–H groups in total. The summed E-state index contributed by atoms with van der Waals surface area (Å²) in [6, 6.07) is 15.0. The highest BCUT2D eigenvalue weighted by Crippen LogP contribution is 2.22. The molecule has 0 aliphatic carbocycles. The molecule has 0 atom stereocenters. The van der Waals surface area contributed by atoms with Gasteiger partial charge in [0.1, 0.15) is 0 Å². The predicted molar refractivity (Wildman–Crippen MR) is 86.8 cm³/mol. The molecule has 106 valence electrons. The van der Waals surface area contributed by atoms with E-state index < -0.39 is 0 Å². The van der Waals surface area contributed by atoms with Gasteiger partial charge in [0.05, 0.1) is 0 Å². The SMILES string of the molecule is c1ccc2[nH]c(Cc3cc(N4CCCC4)ccn3)cc2c1. The largest absolute Gasteiger partial charge is 0.371 e. The van der Waals surface area contributed by atoms with Gasteiger partial charge in [0, 0.05) is 48.3 Å². The summed E-state index contributed by atoms with van der Waals surface area (Å²) in [6.07, 6.45) is 5.40. The Morgan fingerprint density at radius 3 is 2.76 bits per heavy atom. The summed E-state index contributed by atoms with van der Waals surface area (Å²) < 4.78 is 0. The van der Waals surface area contributed by atoms with Crippen molar-refractivity contribution < 1.29 is 0 Å². The van der Waals surface area contributed by atoms with E-state index in [0.717, 1.165) is 12.1 Å². The summed E-state index contributed by atoms with van der Waals surface area (Å²) in [5, 5.41) is 1.27. The van der Waals surface area contributed by atoms with Gasteiger partial charge in [0.15, 0.2) is 0 Å². The topological polar surface area (TPSA) is 31.9 Å². The number of hydrogen-bond donors (Lipinski definition) is 1. The first-order valence-corrected chi connectivity index (χ1v) is 7.65. The quantitative estimate of drug-likeness (QED) is 0.790. The minimum atomic E-state index is 0.857. The van der Waals surface area contributed by atoms with Gasteiger partial charge in [-0.1, -0.05) is 18.2 Å². The third kappa shape index (κ3) is 2.51. The van der Waals surface area contributed by atoms with Crippen LogP contribution in [0.15, 0.2) is 48.7 Å². The van der Waals surface area contributed by atoms with E-state index in [1.165, 1.54) is 48.2 Å². The first kappa shape index (κ1) is 12.5. The molecule has 0 radical (unpaired) electrons. The summed E-state index contributed by atoms with van der Waals surface area (Å²) in [5.74, 6) is 0. The van der Waals surface area contributed by atoms with Crippen LogP contribution in [-0.4, -0.2) is 23.1 Å². The first-order chi connectivity index (χ1) is 10.4. The van der Waals surface area contributed by atoms with E-state index in [1.807, 2.05) is 6.20 Å². The molecule has 1 aliphatic rings. The van der Waals surface area contributed by atoms with Gasteiger partial charge in [-0.2, -0.15) is 0 Å². The number of H-pyrrole nitrogens is 1. The molecule has 2 aromatic heterocycles. The Kier molecular flexibility index (Phi) is 3.11. The van der Waals surface area contributed by atoms with Gasteiger partial charge < -0.3 is 9.88 Å². The third-order valence-corrected chi connectivity index (χ3v) is 4.23. The number of fused-ring (bicyclic) bond motifs is 1. The number of pyridine rings is 1. The van der Waals surface area contributed by atoms with Crippen LogP contribution >= 0.6 is 0 Å². The Morgan fingerprint density at radius 1 is 1.05 bits per heavy atom. The summed E-state index contributed by atoms with van der Waals surface area (Å²) in [5.41, 5.74) is 4.87. The van der Waals surface area contributed by atoms with Crippen LogP contribution in [0.5, 0.6) is 0 Å². The Labute approximate surface area is 124 Å². The lowest BCUT2D eigenvalue weighted by Crippen LogP contribution is -2.17. The fraction of sp³-hybridized carbons (Fsp3) is 0.278. The highest BCUT2D eigenvalue weighted by molar-refractivity contribution is 5.80. The van der Waals surface area contributed by atoms with Crippen LogP contribution in [0.2, 0.25) is 0 Å². The van der Waals surface area contributed by atoms with Gasteiger partial charge in [-0.3, -0.25) is 4.98 Å². The van der Waals surface area contributed by atoms with Gasteiger partial charge >= 0.3 is 0 Å². The molecule has 1 aliphatic heterocycles. The molecule has 1 aromatic carbocycles. The first-order valence-electron chi connectivity index (χ1n) is 7.65. The molecule has 3 aromatic rings. The van der Waals surface area contributed by atoms with Crippen LogP contribution < -0.4 is 4.90 Å². The van der Waals surface area contributed by atoms with E-state index >= 15 is 0 Å². The lowest BCUT2D eigenvalue weighted by Gasteiger charge is -2.17. The molecule has 21 heavy (non-hydrogen) atoms. The summed E-state index contributed by atoms with van der Waals surface area (Å²) in [7, 11) is 0. The van der Waals surface area contributed by atoms with Crippen molar-refractivity contribution in [2.75, 3.05) is 18.0 Å². The Balaban J connectivity index is 1.60. The lowest BCUT2D eigenvalue weighted by molar-refractivity contribution is 0.949. The van der Waals surface area contributed by atoms with Crippen molar-refractivity contribution in [3.8, 4) is 0 Å². The second kappa shape index (κ2) is 5.24. The monoisotopic (exact) mass is 277 g/mol. The Morgan fingerprint density at radius 2 is 1.90 bits per heavy atom.